The van der Waals surface area contributed by atoms with Crippen molar-refractivity contribution in [2.24, 2.45) is 0 Å². The molecule has 0 saturated heterocycles. The zero-order valence-corrected chi connectivity index (χ0v) is 9.36. The van der Waals surface area contributed by atoms with Gasteiger partial charge in [0.25, 0.3) is 0 Å². The van der Waals surface area contributed by atoms with E-state index in [0.717, 1.165) is 6.42 Å². The number of aromatic nitrogens is 1. The molecule has 1 aromatic carbocycles. The molecule has 0 atom stereocenters. The summed E-state index contributed by atoms with van der Waals surface area (Å²) in [6, 6.07) is 4.52. The molecule has 0 aliphatic heterocycles. The summed E-state index contributed by atoms with van der Waals surface area (Å²) in [7, 11) is 0. The van der Waals surface area contributed by atoms with Gasteiger partial charge in [0.05, 0.1) is 0 Å². The smallest absolute Gasteiger partial charge is 0.0488 e. The van der Waals surface area contributed by atoms with Crippen LogP contribution in [0.1, 0.15) is 29.3 Å². The van der Waals surface area contributed by atoms with Crippen LogP contribution < -0.4 is 0 Å². The van der Waals surface area contributed by atoms with E-state index < -0.39 is 0 Å². The Balaban J connectivity index is 2.87. The van der Waals surface area contributed by atoms with Crippen LogP contribution in [-0.2, 0) is 6.42 Å². The first-order valence-corrected chi connectivity index (χ1v) is 5.22. The zero-order chi connectivity index (χ0) is 10.3. The molecule has 1 heteroatoms. The van der Waals surface area contributed by atoms with Gasteiger partial charge in [-0.2, -0.15) is 0 Å². The molecule has 0 fully saturated rings. The first-order chi connectivity index (χ1) is 6.63. The first kappa shape index (κ1) is 9.32. The Kier molecular flexibility index (Phi) is 2.10. The lowest BCUT2D eigenvalue weighted by Gasteiger charge is -2.00. The number of aromatic amines is 1. The minimum atomic E-state index is 1.11. The largest absolute Gasteiger partial charge is 0.358 e. The van der Waals surface area contributed by atoms with E-state index in [2.05, 4.69) is 44.8 Å². The molecule has 0 bridgehead atoms. The van der Waals surface area contributed by atoms with Gasteiger partial charge in [-0.05, 0) is 44.4 Å². The van der Waals surface area contributed by atoms with E-state index in [1.807, 2.05) is 0 Å². The molecule has 0 radical (unpaired) electrons. The van der Waals surface area contributed by atoms with Crippen molar-refractivity contribution >= 4 is 10.9 Å². The summed E-state index contributed by atoms with van der Waals surface area (Å²) >= 11 is 0. The lowest BCUT2D eigenvalue weighted by atomic mass is 10.0. The molecule has 0 saturated carbocycles. The fourth-order valence-electron chi connectivity index (χ4n) is 2.29. The van der Waals surface area contributed by atoms with Crippen molar-refractivity contribution in [2.45, 2.75) is 34.1 Å². The molecule has 0 unspecified atom stereocenters. The van der Waals surface area contributed by atoms with E-state index in [1.54, 1.807) is 0 Å². The predicted octanol–water partition coefficient (Wildman–Crippen LogP) is 3.66. The summed E-state index contributed by atoms with van der Waals surface area (Å²) in [5.74, 6) is 0. The molecule has 1 aromatic heterocycles. The number of hydrogen-bond acceptors (Lipinski definition) is 0. The molecule has 0 amide bonds. The number of fused-ring (bicyclic) bond motifs is 1. The quantitative estimate of drug-likeness (QED) is 0.701. The Morgan fingerprint density at radius 3 is 2.50 bits per heavy atom. The van der Waals surface area contributed by atoms with Gasteiger partial charge in [0, 0.05) is 16.6 Å². The summed E-state index contributed by atoms with van der Waals surface area (Å²) in [5.41, 5.74) is 6.79. The lowest BCUT2D eigenvalue weighted by Crippen LogP contribution is -1.82. The summed E-state index contributed by atoms with van der Waals surface area (Å²) < 4.78 is 0. The second-order valence-electron chi connectivity index (χ2n) is 4.09. The van der Waals surface area contributed by atoms with E-state index in [0.29, 0.717) is 0 Å². The Morgan fingerprint density at radius 1 is 1.14 bits per heavy atom. The van der Waals surface area contributed by atoms with E-state index in [9.17, 15) is 0 Å². The third kappa shape index (κ3) is 1.24. The number of benzene rings is 1. The minimum Gasteiger partial charge on any atom is -0.358 e. The van der Waals surface area contributed by atoms with Crippen molar-refractivity contribution < 1.29 is 0 Å². The van der Waals surface area contributed by atoms with Crippen LogP contribution in [0.5, 0.6) is 0 Å². The number of rotatable bonds is 1. The van der Waals surface area contributed by atoms with E-state index >= 15 is 0 Å². The average molecular weight is 187 g/mol. The average Bonchev–Trinajstić information content (AvgIpc) is 2.41. The highest BCUT2D eigenvalue weighted by Crippen LogP contribution is 2.26. The molecule has 1 N–H and O–H groups in total. The maximum atomic E-state index is 3.47. The first-order valence-electron chi connectivity index (χ1n) is 5.22. The third-order valence-electron chi connectivity index (χ3n) is 2.92. The van der Waals surface area contributed by atoms with Crippen LogP contribution in [0.25, 0.3) is 10.9 Å². The molecule has 2 rings (SSSR count). The van der Waals surface area contributed by atoms with Crippen molar-refractivity contribution in [1.29, 1.82) is 0 Å². The van der Waals surface area contributed by atoms with Crippen LogP contribution in [0.2, 0.25) is 0 Å². The summed E-state index contributed by atoms with van der Waals surface area (Å²) in [6.45, 7) is 8.71. The molecule has 14 heavy (non-hydrogen) atoms. The Labute approximate surface area is 85.1 Å². The van der Waals surface area contributed by atoms with Crippen molar-refractivity contribution in [2.75, 3.05) is 0 Å². The molecular formula is C13H17N. The SMILES string of the molecule is CCc1c(C)[nH]c2c(C)cc(C)cc12. The molecule has 1 nitrogen and oxygen atoms in total. The molecule has 0 aliphatic carbocycles. The van der Waals surface area contributed by atoms with Crippen LogP contribution in [0, 0.1) is 20.8 Å². The van der Waals surface area contributed by atoms with Crippen LogP contribution >= 0.6 is 0 Å². The number of nitrogens with one attached hydrogen (secondary N) is 1. The Bertz CT molecular complexity index is 477. The monoisotopic (exact) mass is 187 g/mol. The van der Waals surface area contributed by atoms with Crippen LogP contribution in [0.3, 0.4) is 0 Å². The molecule has 0 spiro atoms. The topological polar surface area (TPSA) is 15.8 Å². The fourth-order valence-corrected chi connectivity index (χ4v) is 2.29. The second kappa shape index (κ2) is 3.16. The summed E-state index contributed by atoms with van der Waals surface area (Å²) in [4.78, 5) is 3.47. The van der Waals surface area contributed by atoms with Gasteiger partial charge >= 0.3 is 0 Å². The molecule has 2 aromatic rings. The van der Waals surface area contributed by atoms with E-state index in [-0.39, 0.29) is 0 Å². The van der Waals surface area contributed by atoms with Crippen LogP contribution in [0.4, 0.5) is 0 Å². The van der Waals surface area contributed by atoms with Gasteiger partial charge < -0.3 is 4.98 Å². The maximum absolute atomic E-state index is 3.47. The standard InChI is InChI=1S/C13H17N/c1-5-11-10(4)14-13-9(3)6-8(2)7-12(11)13/h6-7,14H,5H2,1-4H3. The third-order valence-corrected chi connectivity index (χ3v) is 2.92. The van der Waals surface area contributed by atoms with Gasteiger partial charge in [-0.15, -0.1) is 0 Å². The minimum absolute atomic E-state index is 1.11. The Hall–Kier alpha value is -1.24. The van der Waals surface area contributed by atoms with Gasteiger partial charge in [0.2, 0.25) is 0 Å². The second-order valence-corrected chi connectivity index (χ2v) is 4.09. The highest BCUT2D eigenvalue weighted by Gasteiger charge is 2.08. The fraction of sp³-hybridized carbons (Fsp3) is 0.385. The highest BCUT2D eigenvalue weighted by atomic mass is 14.7. The zero-order valence-electron chi connectivity index (χ0n) is 9.36. The Morgan fingerprint density at radius 2 is 1.86 bits per heavy atom. The van der Waals surface area contributed by atoms with E-state index in [1.165, 1.54) is 33.3 Å². The van der Waals surface area contributed by atoms with Gasteiger partial charge in [-0.25, -0.2) is 0 Å². The number of hydrogen-bond donors (Lipinski definition) is 1. The van der Waals surface area contributed by atoms with E-state index in [4.69, 9.17) is 0 Å². The number of H-pyrrole nitrogens is 1. The molecule has 0 aliphatic rings. The predicted molar refractivity (Wildman–Crippen MR) is 61.9 cm³/mol. The van der Waals surface area contributed by atoms with Gasteiger partial charge in [0.15, 0.2) is 0 Å². The molecule has 1 heterocycles. The van der Waals surface area contributed by atoms with Crippen molar-refractivity contribution in [3.8, 4) is 0 Å². The van der Waals surface area contributed by atoms with Crippen molar-refractivity contribution in [1.82, 2.24) is 4.98 Å². The van der Waals surface area contributed by atoms with Crippen LogP contribution in [0.15, 0.2) is 12.1 Å². The summed E-state index contributed by atoms with van der Waals surface area (Å²) in [6.07, 6.45) is 1.11. The number of aryl methyl sites for hydroxylation is 4. The highest BCUT2D eigenvalue weighted by molar-refractivity contribution is 5.87. The summed E-state index contributed by atoms with van der Waals surface area (Å²) in [5, 5.41) is 1.41. The molecular weight excluding hydrogens is 170 g/mol. The van der Waals surface area contributed by atoms with Crippen molar-refractivity contribution in [3.05, 3.63) is 34.5 Å². The van der Waals surface area contributed by atoms with Gasteiger partial charge in [0.1, 0.15) is 0 Å². The van der Waals surface area contributed by atoms with Crippen LogP contribution in [-0.4, -0.2) is 4.98 Å². The maximum Gasteiger partial charge on any atom is 0.0488 e. The van der Waals surface area contributed by atoms with Crippen molar-refractivity contribution in [3.63, 3.8) is 0 Å². The van der Waals surface area contributed by atoms with Gasteiger partial charge in [-0.3, -0.25) is 0 Å². The normalized spacial score (nSPS) is 11.1. The van der Waals surface area contributed by atoms with Gasteiger partial charge in [-0.1, -0.05) is 18.6 Å². The lowest BCUT2D eigenvalue weighted by molar-refractivity contribution is 1.11. The molecule has 74 valence electrons.